The maximum Gasteiger partial charge on any atom is 0.129 e. The van der Waals surface area contributed by atoms with E-state index in [1.807, 2.05) is 0 Å². The first kappa shape index (κ1) is 10.6. The lowest BCUT2D eigenvalue weighted by Gasteiger charge is -2.44. The average Bonchev–Trinajstić information content (AvgIpc) is 2.72. The lowest BCUT2D eigenvalue weighted by atomic mass is 9.84. The molecule has 0 unspecified atom stereocenters. The molecular formula is C13H22N2O. The van der Waals surface area contributed by atoms with Crippen LogP contribution in [0.3, 0.4) is 0 Å². The van der Waals surface area contributed by atoms with Crippen LogP contribution in [0.2, 0.25) is 0 Å². The van der Waals surface area contributed by atoms with Gasteiger partial charge in [0, 0.05) is 18.6 Å². The third-order valence-corrected chi connectivity index (χ3v) is 4.70. The molecule has 0 amide bonds. The number of hydrogen-bond donors (Lipinski definition) is 1. The molecule has 2 fully saturated rings. The Morgan fingerprint density at radius 3 is 2.81 bits per heavy atom. The number of aliphatic hydroxyl groups excluding tert-OH is 1. The van der Waals surface area contributed by atoms with Gasteiger partial charge in [-0.15, -0.1) is 0 Å². The molecule has 16 heavy (non-hydrogen) atoms. The number of nitrogens with zero attached hydrogens (tertiary/aromatic N) is 2. The standard InChI is InChI=1S/C13H22N2O/c1-12(2)4-5-13(9-12)6-7-14-11-10(16)3-8-15(11)13/h10,16H,3-9H2,1-2H3/t10-,13-/m1/s1. The Balaban J connectivity index is 1.91. The molecule has 0 aromatic rings. The second kappa shape index (κ2) is 3.22. The van der Waals surface area contributed by atoms with Crippen molar-refractivity contribution >= 4 is 5.84 Å². The van der Waals surface area contributed by atoms with Crippen LogP contribution in [0.15, 0.2) is 4.99 Å². The van der Waals surface area contributed by atoms with E-state index in [-0.39, 0.29) is 6.10 Å². The Morgan fingerprint density at radius 1 is 1.31 bits per heavy atom. The molecule has 0 radical (unpaired) electrons. The monoisotopic (exact) mass is 222 g/mol. The van der Waals surface area contributed by atoms with E-state index in [1.54, 1.807) is 0 Å². The zero-order chi connectivity index (χ0) is 11.4. The Kier molecular flexibility index (Phi) is 2.13. The van der Waals surface area contributed by atoms with Gasteiger partial charge in [-0.2, -0.15) is 0 Å². The molecule has 1 spiro atoms. The molecule has 90 valence electrons. The average molecular weight is 222 g/mol. The second-order valence-electron chi connectivity index (χ2n) is 6.51. The summed E-state index contributed by atoms with van der Waals surface area (Å²) in [6.07, 6.45) is 5.64. The predicted molar refractivity (Wildman–Crippen MR) is 64.6 cm³/mol. The van der Waals surface area contributed by atoms with Crippen molar-refractivity contribution in [1.82, 2.24) is 4.90 Å². The minimum atomic E-state index is -0.291. The van der Waals surface area contributed by atoms with Crippen LogP contribution in [-0.2, 0) is 0 Å². The molecule has 2 aliphatic heterocycles. The summed E-state index contributed by atoms with van der Waals surface area (Å²) in [5.74, 6) is 0.990. The summed E-state index contributed by atoms with van der Waals surface area (Å²) in [6.45, 7) is 6.67. The maximum absolute atomic E-state index is 9.93. The van der Waals surface area contributed by atoms with Crippen molar-refractivity contribution in [2.75, 3.05) is 13.1 Å². The van der Waals surface area contributed by atoms with Gasteiger partial charge in [-0.3, -0.25) is 4.99 Å². The molecule has 3 heteroatoms. The summed E-state index contributed by atoms with van der Waals surface area (Å²) < 4.78 is 0. The molecule has 0 bridgehead atoms. The Hall–Kier alpha value is -0.570. The van der Waals surface area contributed by atoms with Crippen LogP contribution < -0.4 is 0 Å². The van der Waals surface area contributed by atoms with Crippen molar-refractivity contribution < 1.29 is 5.11 Å². The normalized spacial score (nSPS) is 41.3. The fourth-order valence-electron chi connectivity index (χ4n) is 3.94. The molecule has 3 aliphatic rings. The van der Waals surface area contributed by atoms with Gasteiger partial charge in [0.05, 0.1) is 0 Å². The van der Waals surface area contributed by atoms with Gasteiger partial charge < -0.3 is 10.0 Å². The number of aliphatic imine (C=N–C) groups is 1. The van der Waals surface area contributed by atoms with Crippen molar-refractivity contribution in [1.29, 1.82) is 0 Å². The fourth-order valence-corrected chi connectivity index (χ4v) is 3.94. The van der Waals surface area contributed by atoms with E-state index in [9.17, 15) is 5.11 Å². The Bertz CT molecular complexity index is 337. The van der Waals surface area contributed by atoms with Crippen LogP contribution in [0.4, 0.5) is 0 Å². The Labute approximate surface area is 97.6 Å². The highest BCUT2D eigenvalue weighted by molar-refractivity contribution is 5.89. The minimum Gasteiger partial charge on any atom is -0.385 e. The largest absolute Gasteiger partial charge is 0.385 e. The van der Waals surface area contributed by atoms with E-state index in [1.165, 1.54) is 25.7 Å². The maximum atomic E-state index is 9.93. The molecule has 0 aromatic carbocycles. The molecule has 0 aromatic heterocycles. The van der Waals surface area contributed by atoms with Crippen LogP contribution in [0, 0.1) is 5.41 Å². The summed E-state index contributed by atoms with van der Waals surface area (Å²) in [5, 5.41) is 9.93. The highest BCUT2D eigenvalue weighted by atomic mass is 16.3. The zero-order valence-electron chi connectivity index (χ0n) is 10.4. The summed E-state index contributed by atoms with van der Waals surface area (Å²) >= 11 is 0. The van der Waals surface area contributed by atoms with Gasteiger partial charge in [-0.05, 0) is 37.5 Å². The van der Waals surface area contributed by atoms with E-state index in [4.69, 9.17) is 0 Å². The third-order valence-electron chi connectivity index (χ3n) is 4.70. The number of hydrogen-bond acceptors (Lipinski definition) is 3. The topological polar surface area (TPSA) is 35.8 Å². The van der Waals surface area contributed by atoms with Crippen LogP contribution in [0.5, 0.6) is 0 Å². The van der Waals surface area contributed by atoms with E-state index >= 15 is 0 Å². The number of fused-ring (bicyclic) bond motifs is 2. The van der Waals surface area contributed by atoms with Gasteiger partial charge in [0.2, 0.25) is 0 Å². The van der Waals surface area contributed by atoms with Gasteiger partial charge >= 0.3 is 0 Å². The molecule has 2 atom stereocenters. The number of rotatable bonds is 0. The van der Waals surface area contributed by atoms with Crippen LogP contribution in [0.25, 0.3) is 0 Å². The molecule has 2 heterocycles. The predicted octanol–water partition coefficient (Wildman–Crippen LogP) is 1.80. The molecule has 1 saturated carbocycles. The first-order chi connectivity index (χ1) is 7.53. The van der Waals surface area contributed by atoms with Crippen molar-refractivity contribution in [3.05, 3.63) is 0 Å². The first-order valence-electron chi connectivity index (χ1n) is 6.53. The zero-order valence-corrected chi connectivity index (χ0v) is 10.4. The highest BCUT2D eigenvalue weighted by Gasteiger charge is 2.51. The summed E-state index contributed by atoms with van der Waals surface area (Å²) in [5.41, 5.74) is 0.800. The van der Waals surface area contributed by atoms with E-state index in [0.717, 1.165) is 25.3 Å². The quantitative estimate of drug-likeness (QED) is 0.678. The van der Waals surface area contributed by atoms with Gasteiger partial charge in [0.25, 0.3) is 0 Å². The molecule has 1 aliphatic carbocycles. The summed E-state index contributed by atoms with van der Waals surface area (Å²) in [4.78, 5) is 6.97. The van der Waals surface area contributed by atoms with Crippen molar-refractivity contribution in [2.24, 2.45) is 10.4 Å². The summed E-state index contributed by atoms with van der Waals surface area (Å²) in [6, 6.07) is 0. The summed E-state index contributed by atoms with van der Waals surface area (Å²) in [7, 11) is 0. The molecule has 3 nitrogen and oxygen atoms in total. The van der Waals surface area contributed by atoms with Crippen LogP contribution in [-0.4, -0.2) is 40.6 Å². The van der Waals surface area contributed by atoms with Gasteiger partial charge in [0.15, 0.2) is 0 Å². The van der Waals surface area contributed by atoms with Gasteiger partial charge in [-0.25, -0.2) is 0 Å². The fraction of sp³-hybridized carbons (Fsp3) is 0.923. The van der Waals surface area contributed by atoms with Gasteiger partial charge in [0.1, 0.15) is 11.9 Å². The van der Waals surface area contributed by atoms with Crippen molar-refractivity contribution in [3.63, 3.8) is 0 Å². The van der Waals surface area contributed by atoms with E-state index < -0.39 is 0 Å². The minimum absolute atomic E-state index is 0.291. The SMILES string of the molecule is CC1(C)CC[C@@]2(CCN=C3[C@H](O)CCN32)C1. The van der Waals surface area contributed by atoms with Crippen LogP contribution >= 0.6 is 0 Å². The highest BCUT2D eigenvalue weighted by Crippen LogP contribution is 2.50. The second-order valence-corrected chi connectivity index (χ2v) is 6.51. The lowest BCUT2D eigenvalue weighted by molar-refractivity contribution is 0.150. The third kappa shape index (κ3) is 1.41. The van der Waals surface area contributed by atoms with Crippen LogP contribution in [0.1, 0.15) is 46.0 Å². The number of amidine groups is 1. The molecule has 1 saturated heterocycles. The van der Waals surface area contributed by atoms with Crippen molar-refractivity contribution in [3.8, 4) is 0 Å². The van der Waals surface area contributed by atoms with Gasteiger partial charge in [-0.1, -0.05) is 13.8 Å². The molecular weight excluding hydrogens is 200 g/mol. The van der Waals surface area contributed by atoms with E-state index in [2.05, 4.69) is 23.7 Å². The lowest BCUT2D eigenvalue weighted by Crippen LogP contribution is -2.52. The Morgan fingerprint density at radius 2 is 2.12 bits per heavy atom. The smallest absolute Gasteiger partial charge is 0.129 e. The van der Waals surface area contributed by atoms with Crippen molar-refractivity contribution in [2.45, 2.75) is 57.6 Å². The molecule has 3 rings (SSSR count). The van der Waals surface area contributed by atoms with E-state index in [0.29, 0.717) is 11.0 Å². The number of aliphatic hydroxyl groups is 1. The first-order valence-corrected chi connectivity index (χ1v) is 6.53. The molecule has 1 N–H and O–H groups in total.